The molecule has 0 saturated carbocycles. The molecule has 1 aromatic carbocycles. The number of nitrogens with zero attached hydrogens (tertiary/aromatic N) is 1. The Morgan fingerprint density at radius 1 is 1.24 bits per heavy atom. The third-order valence-electron chi connectivity index (χ3n) is 5.88. The molecule has 1 heterocycles. The quantitative estimate of drug-likeness (QED) is 0.299. The molecule has 0 aromatic heterocycles. The van der Waals surface area contributed by atoms with Crippen LogP contribution in [0.5, 0.6) is 0 Å². The first-order valence-electron chi connectivity index (χ1n) is 10.9. The summed E-state index contributed by atoms with van der Waals surface area (Å²) in [6, 6.07) is 10.2. The Labute approximate surface area is 179 Å². The van der Waals surface area contributed by atoms with E-state index in [1.165, 1.54) is 24.2 Å². The van der Waals surface area contributed by atoms with Gasteiger partial charge in [0.2, 0.25) is 0 Å². The van der Waals surface area contributed by atoms with Crippen molar-refractivity contribution in [3.63, 3.8) is 0 Å². The van der Waals surface area contributed by atoms with E-state index in [9.17, 15) is 4.79 Å². The molecule has 4 nitrogen and oxygen atoms in total. The largest absolute Gasteiger partial charge is 0.458 e. The number of nitrogens with one attached hydrogen (secondary N) is 1. The van der Waals surface area contributed by atoms with Crippen molar-refractivity contribution in [3.05, 3.63) is 53.5 Å². The number of carbonyl (C=O) groups excluding carboxylic acids is 1. The maximum Gasteiger partial charge on any atom is 0.306 e. The predicted octanol–water partition coefficient (Wildman–Crippen LogP) is 6.14. The Balaban J connectivity index is 1.75. The Kier molecular flexibility index (Phi) is 7.84. The second-order valence-electron chi connectivity index (χ2n) is 8.14. The lowest BCUT2D eigenvalue weighted by Crippen LogP contribution is -2.62. The highest BCUT2D eigenvalue weighted by Crippen LogP contribution is 2.48. The zero-order valence-corrected chi connectivity index (χ0v) is 18.7. The standard InChI is InChI=1S/C24H34N2O2S/c1-4-5-6-7-11-18-22(27)28-23-20-16-12-13-17-21(20)29-26(3)24(23,2)25-19-14-9-8-10-15-19/h8-10,12-15,17,20,23,25H,4-7,11,16,18H2,1-3H3. The number of unbranched alkanes of at least 4 members (excludes halogenated alkanes) is 4. The SMILES string of the molecule is CCCCCCCC(=O)OC1C2CC=CC=C2SN(C)C1(C)Nc1ccccc1. The molecule has 3 unspecified atom stereocenters. The lowest BCUT2D eigenvalue weighted by atomic mass is 9.86. The molecule has 3 atom stereocenters. The van der Waals surface area contributed by atoms with E-state index in [1.807, 2.05) is 18.2 Å². The zero-order valence-electron chi connectivity index (χ0n) is 17.9. The van der Waals surface area contributed by atoms with Gasteiger partial charge in [-0.2, -0.15) is 0 Å². The summed E-state index contributed by atoms with van der Waals surface area (Å²) < 4.78 is 8.39. The smallest absolute Gasteiger partial charge is 0.306 e. The third-order valence-corrected chi connectivity index (χ3v) is 7.18. The number of carbonyl (C=O) groups is 1. The second-order valence-corrected chi connectivity index (χ2v) is 9.34. The molecule has 0 radical (unpaired) electrons. The molecule has 158 valence electrons. The van der Waals surface area contributed by atoms with Crippen LogP contribution in [-0.4, -0.2) is 29.1 Å². The van der Waals surface area contributed by atoms with Gasteiger partial charge < -0.3 is 10.1 Å². The molecular formula is C24H34N2O2S. The van der Waals surface area contributed by atoms with Gasteiger partial charge in [0.1, 0.15) is 11.8 Å². The van der Waals surface area contributed by atoms with E-state index in [0.717, 1.165) is 24.9 Å². The molecule has 1 saturated heterocycles. The van der Waals surface area contributed by atoms with Crippen LogP contribution >= 0.6 is 11.9 Å². The molecule has 0 amide bonds. The predicted molar refractivity (Wildman–Crippen MR) is 122 cm³/mol. The lowest BCUT2D eigenvalue weighted by Gasteiger charge is -2.51. The number of likely N-dealkylation sites (N-methyl/N-ethyl adjacent to an activating group) is 1. The van der Waals surface area contributed by atoms with E-state index in [1.54, 1.807) is 11.9 Å². The van der Waals surface area contributed by atoms with Gasteiger partial charge in [0.25, 0.3) is 0 Å². The Hall–Kier alpha value is -1.72. The van der Waals surface area contributed by atoms with Gasteiger partial charge in [0.05, 0.1) is 0 Å². The topological polar surface area (TPSA) is 41.6 Å². The van der Waals surface area contributed by atoms with Crippen LogP contribution in [0.4, 0.5) is 5.69 Å². The molecule has 5 heteroatoms. The Morgan fingerprint density at radius 2 is 2.00 bits per heavy atom. The molecule has 0 bridgehead atoms. The minimum Gasteiger partial charge on any atom is -0.458 e. The summed E-state index contributed by atoms with van der Waals surface area (Å²) in [6.07, 6.45) is 13.2. The van der Waals surface area contributed by atoms with Gasteiger partial charge in [-0.15, -0.1) is 0 Å². The van der Waals surface area contributed by atoms with Crippen molar-refractivity contribution in [2.24, 2.45) is 5.92 Å². The van der Waals surface area contributed by atoms with Crippen molar-refractivity contribution < 1.29 is 9.53 Å². The highest BCUT2D eigenvalue weighted by atomic mass is 32.2. The lowest BCUT2D eigenvalue weighted by molar-refractivity contribution is -0.157. The monoisotopic (exact) mass is 414 g/mol. The summed E-state index contributed by atoms with van der Waals surface area (Å²) in [5.41, 5.74) is 0.527. The number of para-hydroxylation sites is 1. The first kappa shape index (κ1) is 22.0. The van der Waals surface area contributed by atoms with Crippen molar-refractivity contribution in [1.82, 2.24) is 4.31 Å². The molecule has 29 heavy (non-hydrogen) atoms. The molecule has 1 fully saturated rings. The van der Waals surface area contributed by atoms with E-state index in [0.29, 0.717) is 6.42 Å². The second kappa shape index (κ2) is 10.4. The third kappa shape index (κ3) is 5.46. The average molecular weight is 415 g/mol. The number of allylic oxidation sites excluding steroid dienone is 3. The van der Waals surface area contributed by atoms with Crippen LogP contribution in [0.25, 0.3) is 0 Å². The van der Waals surface area contributed by atoms with Gasteiger partial charge in [0.15, 0.2) is 0 Å². The van der Waals surface area contributed by atoms with Crippen molar-refractivity contribution in [3.8, 4) is 0 Å². The van der Waals surface area contributed by atoms with E-state index in [-0.39, 0.29) is 18.0 Å². The van der Waals surface area contributed by atoms with Gasteiger partial charge in [-0.3, -0.25) is 4.79 Å². The summed E-state index contributed by atoms with van der Waals surface area (Å²) in [6.45, 7) is 4.34. The summed E-state index contributed by atoms with van der Waals surface area (Å²) in [5, 5.41) is 3.66. The van der Waals surface area contributed by atoms with Crippen molar-refractivity contribution in [2.45, 2.75) is 70.6 Å². The van der Waals surface area contributed by atoms with Crippen LogP contribution in [0, 0.1) is 5.92 Å². The van der Waals surface area contributed by atoms with E-state index < -0.39 is 5.66 Å². The fourth-order valence-corrected chi connectivity index (χ4v) is 5.21. The van der Waals surface area contributed by atoms with Crippen LogP contribution < -0.4 is 5.32 Å². The highest BCUT2D eigenvalue weighted by Gasteiger charge is 2.51. The fraction of sp³-hybridized carbons (Fsp3) is 0.542. The average Bonchev–Trinajstić information content (AvgIpc) is 2.72. The highest BCUT2D eigenvalue weighted by molar-refractivity contribution is 8.01. The fourth-order valence-electron chi connectivity index (χ4n) is 4.06. The van der Waals surface area contributed by atoms with Crippen LogP contribution in [0.3, 0.4) is 0 Å². The van der Waals surface area contributed by atoms with Crippen LogP contribution in [-0.2, 0) is 9.53 Å². The van der Waals surface area contributed by atoms with Gasteiger partial charge >= 0.3 is 5.97 Å². The molecule has 1 aromatic rings. The summed E-state index contributed by atoms with van der Waals surface area (Å²) >= 11 is 1.74. The summed E-state index contributed by atoms with van der Waals surface area (Å²) in [4.78, 5) is 14.0. The molecule has 2 aliphatic rings. The number of ether oxygens (including phenoxy) is 1. The normalized spacial score (nSPS) is 26.5. The van der Waals surface area contributed by atoms with Gasteiger partial charge in [-0.25, -0.2) is 4.31 Å². The Morgan fingerprint density at radius 3 is 2.76 bits per heavy atom. The number of rotatable bonds is 9. The Bertz CT molecular complexity index is 734. The minimum absolute atomic E-state index is 0.0817. The molecule has 1 aliphatic carbocycles. The first-order chi connectivity index (χ1) is 14.0. The zero-order chi connectivity index (χ0) is 20.7. The number of esters is 1. The van der Waals surface area contributed by atoms with E-state index >= 15 is 0 Å². The van der Waals surface area contributed by atoms with Crippen LogP contribution in [0.2, 0.25) is 0 Å². The number of fused-ring (bicyclic) bond motifs is 1. The first-order valence-corrected chi connectivity index (χ1v) is 11.6. The number of hydrogen-bond donors (Lipinski definition) is 1. The number of anilines is 1. The molecule has 0 spiro atoms. The van der Waals surface area contributed by atoms with Crippen LogP contribution in [0.1, 0.15) is 58.8 Å². The van der Waals surface area contributed by atoms with Crippen molar-refractivity contribution >= 4 is 23.6 Å². The number of hydrogen-bond acceptors (Lipinski definition) is 5. The summed E-state index contributed by atoms with van der Waals surface area (Å²) in [5.74, 6) is 0.105. The van der Waals surface area contributed by atoms with Gasteiger partial charge in [-0.05, 0) is 43.8 Å². The molecule has 1 aliphatic heterocycles. The van der Waals surface area contributed by atoms with Crippen LogP contribution in [0.15, 0.2) is 53.5 Å². The maximum atomic E-state index is 12.8. The van der Waals surface area contributed by atoms with E-state index in [2.05, 4.69) is 60.9 Å². The van der Waals surface area contributed by atoms with Gasteiger partial charge in [0, 0.05) is 30.0 Å². The molecule has 3 rings (SSSR count). The van der Waals surface area contributed by atoms with Crippen molar-refractivity contribution in [2.75, 3.05) is 12.4 Å². The molecular weight excluding hydrogens is 380 g/mol. The van der Waals surface area contributed by atoms with E-state index in [4.69, 9.17) is 4.74 Å². The maximum absolute atomic E-state index is 12.8. The number of benzene rings is 1. The minimum atomic E-state index is -0.503. The van der Waals surface area contributed by atoms with Crippen molar-refractivity contribution in [1.29, 1.82) is 0 Å². The summed E-state index contributed by atoms with van der Waals surface area (Å²) in [7, 11) is 2.07. The van der Waals surface area contributed by atoms with Gasteiger partial charge in [-0.1, -0.05) is 69.0 Å². The molecule has 1 N–H and O–H groups in total.